The molecule has 0 aliphatic heterocycles. The largest absolute Gasteiger partial charge is 0.384 e. The number of aromatic nitrogens is 4. The van der Waals surface area contributed by atoms with E-state index in [0.717, 1.165) is 17.1 Å². The number of nitrogens with two attached hydrogens (primary N) is 1. The number of rotatable bonds is 1. The lowest BCUT2D eigenvalue weighted by Gasteiger charge is -1.89. The van der Waals surface area contributed by atoms with Crippen LogP contribution in [0.25, 0.3) is 11.4 Å². The molecule has 2 N–H and O–H groups in total. The number of nitrogen functional groups attached to an aromatic ring is 1. The summed E-state index contributed by atoms with van der Waals surface area (Å²) < 4.78 is 3.46. The molecule has 5 heteroatoms. The third kappa shape index (κ3) is 1.26. The van der Waals surface area contributed by atoms with Gasteiger partial charge in [-0.25, -0.2) is 0 Å². The molecule has 0 unspecified atom stereocenters. The van der Waals surface area contributed by atoms with Crippen molar-refractivity contribution in [2.24, 2.45) is 14.1 Å². The van der Waals surface area contributed by atoms with Gasteiger partial charge in [0.15, 0.2) is 0 Å². The van der Waals surface area contributed by atoms with Crippen LogP contribution >= 0.6 is 0 Å². The van der Waals surface area contributed by atoms with Crippen LogP contribution in [-0.4, -0.2) is 19.6 Å². The molecular formula is C9H13N5. The molecule has 74 valence electrons. The summed E-state index contributed by atoms with van der Waals surface area (Å²) in [6.45, 7) is 2.00. The summed E-state index contributed by atoms with van der Waals surface area (Å²) in [6.07, 6.45) is 0. The Bertz CT molecular complexity index is 382. The molecule has 2 rings (SSSR count). The number of hydrogen-bond acceptors (Lipinski definition) is 3. The molecule has 2 aromatic rings. The number of aryl methyl sites for hydroxylation is 3. The minimum Gasteiger partial charge on any atom is -0.384 e. The molecule has 5 nitrogen and oxygen atoms in total. The van der Waals surface area contributed by atoms with Crippen molar-refractivity contribution in [1.82, 2.24) is 19.6 Å². The Morgan fingerprint density at radius 1 is 1.07 bits per heavy atom. The molecule has 0 saturated heterocycles. The van der Waals surface area contributed by atoms with Gasteiger partial charge in [0.1, 0.15) is 17.2 Å². The van der Waals surface area contributed by atoms with Gasteiger partial charge < -0.3 is 5.73 Å². The average Bonchev–Trinajstić information content (AvgIpc) is 2.60. The van der Waals surface area contributed by atoms with E-state index in [0.29, 0.717) is 5.82 Å². The van der Waals surface area contributed by atoms with Crippen LogP contribution in [0.2, 0.25) is 0 Å². The van der Waals surface area contributed by atoms with E-state index in [-0.39, 0.29) is 0 Å². The Morgan fingerprint density at radius 3 is 2.07 bits per heavy atom. The highest BCUT2D eigenvalue weighted by Crippen LogP contribution is 2.18. The van der Waals surface area contributed by atoms with Gasteiger partial charge in [0.05, 0.1) is 0 Å². The van der Waals surface area contributed by atoms with E-state index < -0.39 is 0 Å². The highest BCUT2D eigenvalue weighted by Gasteiger charge is 2.08. The van der Waals surface area contributed by atoms with Crippen LogP contribution in [0.5, 0.6) is 0 Å². The van der Waals surface area contributed by atoms with Crippen LogP contribution in [0.1, 0.15) is 5.69 Å². The molecule has 0 fully saturated rings. The van der Waals surface area contributed by atoms with Crippen molar-refractivity contribution in [3.05, 3.63) is 17.8 Å². The quantitative estimate of drug-likeness (QED) is 0.722. The van der Waals surface area contributed by atoms with Crippen LogP contribution in [0, 0.1) is 6.92 Å². The lowest BCUT2D eigenvalue weighted by Crippen LogP contribution is -1.96. The molecule has 0 aliphatic rings. The molecule has 0 radical (unpaired) electrons. The van der Waals surface area contributed by atoms with E-state index in [2.05, 4.69) is 10.2 Å². The topological polar surface area (TPSA) is 61.7 Å². The standard InChI is InChI=1S/C9H13N5/c1-6-4-7(11-13(6)2)8-5-9(10)14(3)12-8/h4-5H,10H2,1-3H3. The van der Waals surface area contributed by atoms with Gasteiger partial charge in [0, 0.05) is 25.9 Å². The summed E-state index contributed by atoms with van der Waals surface area (Å²) >= 11 is 0. The van der Waals surface area contributed by atoms with E-state index in [1.54, 1.807) is 4.68 Å². The smallest absolute Gasteiger partial charge is 0.122 e. The molecule has 0 spiro atoms. The summed E-state index contributed by atoms with van der Waals surface area (Å²) in [6, 6.07) is 3.81. The van der Waals surface area contributed by atoms with Crippen molar-refractivity contribution in [3.8, 4) is 11.4 Å². The zero-order valence-electron chi connectivity index (χ0n) is 8.52. The zero-order chi connectivity index (χ0) is 10.3. The Labute approximate surface area is 82.1 Å². The summed E-state index contributed by atoms with van der Waals surface area (Å²) in [7, 11) is 3.72. The Morgan fingerprint density at radius 2 is 1.64 bits per heavy atom. The molecule has 0 atom stereocenters. The first-order chi connectivity index (χ1) is 6.58. The van der Waals surface area contributed by atoms with Crippen LogP contribution in [0.15, 0.2) is 12.1 Å². The fourth-order valence-corrected chi connectivity index (χ4v) is 1.29. The molecule has 2 aromatic heterocycles. The van der Waals surface area contributed by atoms with Crippen molar-refractivity contribution in [1.29, 1.82) is 0 Å². The maximum atomic E-state index is 5.69. The van der Waals surface area contributed by atoms with E-state index in [1.807, 2.05) is 37.8 Å². The van der Waals surface area contributed by atoms with Gasteiger partial charge in [0.2, 0.25) is 0 Å². The Kier molecular flexibility index (Phi) is 1.80. The summed E-state index contributed by atoms with van der Waals surface area (Å²) in [5.74, 6) is 0.642. The second-order valence-electron chi connectivity index (χ2n) is 3.37. The third-order valence-electron chi connectivity index (χ3n) is 2.29. The molecule has 0 saturated carbocycles. The summed E-state index contributed by atoms with van der Waals surface area (Å²) in [5, 5.41) is 8.57. The van der Waals surface area contributed by atoms with Gasteiger partial charge in [-0.3, -0.25) is 9.36 Å². The van der Waals surface area contributed by atoms with Crippen molar-refractivity contribution in [2.45, 2.75) is 6.92 Å². The monoisotopic (exact) mass is 191 g/mol. The Hall–Kier alpha value is -1.78. The van der Waals surface area contributed by atoms with Crippen molar-refractivity contribution in [2.75, 3.05) is 5.73 Å². The molecule has 0 amide bonds. The van der Waals surface area contributed by atoms with Gasteiger partial charge in [-0.15, -0.1) is 0 Å². The lowest BCUT2D eigenvalue weighted by molar-refractivity contribution is 0.738. The molecular weight excluding hydrogens is 178 g/mol. The number of nitrogens with zero attached hydrogens (tertiary/aromatic N) is 4. The van der Waals surface area contributed by atoms with Crippen LogP contribution in [-0.2, 0) is 14.1 Å². The normalized spacial score (nSPS) is 10.8. The second kappa shape index (κ2) is 2.87. The van der Waals surface area contributed by atoms with E-state index in [4.69, 9.17) is 5.73 Å². The van der Waals surface area contributed by atoms with Crippen molar-refractivity contribution < 1.29 is 0 Å². The third-order valence-corrected chi connectivity index (χ3v) is 2.29. The summed E-state index contributed by atoms with van der Waals surface area (Å²) in [4.78, 5) is 0. The van der Waals surface area contributed by atoms with Gasteiger partial charge in [-0.2, -0.15) is 10.2 Å². The SMILES string of the molecule is Cc1cc(-c2cc(N)n(C)n2)nn1C. The number of anilines is 1. The van der Waals surface area contributed by atoms with Crippen LogP contribution in [0.3, 0.4) is 0 Å². The molecule has 0 bridgehead atoms. The maximum absolute atomic E-state index is 5.69. The van der Waals surface area contributed by atoms with Gasteiger partial charge in [-0.1, -0.05) is 0 Å². The van der Waals surface area contributed by atoms with Crippen LogP contribution in [0.4, 0.5) is 5.82 Å². The average molecular weight is 191 g/mol. The second-order valence-corrected chi connectivity index (χ2v) is 3.37. The Balaban J connectivity index is 2.49. The fourth-order valence-electron chi connectivity index (χ4n) is 1.29. The predicted molar refractivity (Wildman–Crippen MR) is 54.6 cm³/mol. The van der Waals surface area contributed by atoms with E-state index in [9.17, 15) is 0 Å². The van der Waals surface area contributed by atoms with E-state index in [1.165, 1.54) is 0 Å². The first-order valence-electron chi connectivity index (χ1n) is 4.38. The molecule has 0 aliphatic carbocycles. The molecule has 0 aromatic carbocycles. The predicted octanol–water partition coefficient (Wildman–Crippen LogP) is 0.711. The number of hydrogen-bond donors (Lipinski definition) is 1. The van der Waals surface area contributed by atoms with E-state index >= 15 is 0 Å². The van der Waals surface area contributed by atoms with Gasteiger partial charge >= 0.3 is 0 Å². The van der Waals surface area contributed by atoms with Crippen molar-refractivity contribution >= 4 is 5.82 Å². The fraction of sp³-hybridized carbons (Fsp3) is 0.333. The molecule has 14 heavy (non-hydrogen) atoms. The first-order valence-corrected chi connectivity index (χ1v) is 4.38. The highest BCUT2D eigenvalue weighted by atomic mass is 15.3. The molecule has 2 heterocycles. The van der Waals surface area contributed by atoms with Gasteiger partial charge in [0.25, 0.3) is 0 Å². The van der Waals surface area contributed by atoms with Crippen LogP contribution < -0.4 is 5.73 Å². The minimum atomic E-state index is 0.642. The van der Waals surface area contributed by atoms with Crippen molar-refractivity contribution in [3.63, 3.8) is 0 Å². The first kappa shape index (κ1) is 8.80. The zero-order valence-corrected chi connectivity index (χ0v) is 8.52. The lowest BCUT2D eigenvalue weighted by atomic mass is 10.3. The summed E-state index contributed by atoms with van der Waals surface area (Å²) in [5.41, 5.74) is 8.46. The minimum absolute atomic E-state index is 0.642. The van der Waals surface area contributed by atoms with Gasteiger partial charge in [-0.05, 0) is 13.0 Å². The highest BCUT2D eigenvalue weighted by molar-refractivity contribution is 5.58. The maximum Gasteiger partial charge on any atom is 0.122 e.